The number of aromatic amines is 1. The van der Waals surface area contributed by atoms with Crippen LogP contribution in [0, 0.1) is 5.41 Å². The number of hydrogen-bond acceptors (Lipinski definition) is 4. The van der Waals surface area contributed by atoms with E-state index >= 15 is 0 Å². The standard InChI is InChI=1S/C13H17N3O3/c1-13(2,3)10(14)11(17)15-7-4-5-9-8(6-7)16-12(18)19-9/h4-6,10H,14H2,1-3H3,(H,15,17)(H,16,18)/t10-/m1/s1. The Balaban J connectivity index is 2.21. The first-order chi connectivity index (χ1) is 8.77. The maximum Gasteiger partial charge on any atom is 0.417 e. The van der Waals surface area contributed by atoms with Gasteiger partial charge in [0.15, 0.2) is 5.58 Å². The summed E-state index contributed by atoms with van der Waals surface area (Å²) in [6, 6.07) is 4.29. The first-order valence-electron chi connectivity index (χ1n) is 5.97. The molecule has 4 N–H and O–H groups in total. The summed E-state index contributed by atoms with van der Waals surface area (Å²) in [5, 5.41) is 2.72. The number of fused-ring (bicyclic) bond motifs is 1. The molecule has 6 nitrogen and oxygen atoms in total. The fourth-order valence-electron chi connectivity index (χ4n) is 1.64. The second kappa shape index (κ2) is 4.55. The fourth-order valence-corrected chi connectivity index (χ4v) is 1.64. The summed E-state index contributed by atoms with van der Waals surface area (Å²) in [4.78, 5) is 25.5. The van der Waals surface area contributed by atoms with Crippen molar-refractivity contribution in [2.75, 3.05) is 5.32 Å². The Hall–Kier alpha value is -2.08. The van der Waals surface area contributed by atoms with Crippen molar-refractivity contribution in [2.24, 2.45) is 11.1 Å². The van der Waals surface area contributed by atoms with Crippen LogP contribution >= 0.6 is 0 Å². The monoisotopic (exact) mass is 263 g/mol. The number of rotatable bonds is 2. The van der Waals surface area contributed by atoms with Crippen molar-refractivity contribution in [2.45, 2.75) is 26.8 Å². The van der Waals surface area contributed by atoms with Gasteiger partial charge in [0.05, 0.1) is 11.6 Å². The quantitative estimate of drug-likeness (QED) is 0.762. The van der Waals surface area contributed by atoms with Gasteiger partial charge in [0, 0.05) is 5.69 Å². The second-order valence-corrected chi connectivity index (χ2v) is 5.56. The summed E-state index contributed by atoms with van der Waals surface area (Å²) in [6.45, 7) is 5.69. The minimum atomic E-state index is -0.619. The third-order valence-electron chi connectivity index (χ3n) is 2.90. The molecule has 19 heavy (non-hydrogen) atoms. The zero-order chi connectivity index (χ0) is 14.2. The Kier molecular flexibility index (Phi) is 3.20. The predicted molar refractivity (Wildman–Crippen MR) is 72.9 cm³/mol. The van der Waals surface area contributed by atoms with Crippen LogP contribution in [-0.4, -0.2) is 16.9 Å². The first-order valence-corrected chi connectivity index (χ1v) is 5.97. The molecule has 0 fully saturated rings. The molecule has 1 amide bonds. The smallest absolute Gasteiger partial charge is 0.408 e. The Morgan fingerprint density at radius 2 is 2.11 bits per heavy atom. The first kappa shape index (κ1) is 13.4. The molecule has 0 saturated carbocycles. The minimum Gasteiger partial charge on any atom is -0.408 e. The number of nitrogens with two attached hydrogens (primary N) is 1. The maximum atomic E-state index is 12.0. The highest BCUT2D eigenvalue weighted by molar-refractivity contribution is 5.96. The van der Waals surface area contributed by atoms with Crippen LogP contribution < -0.4 is 16.8 Å². The number of oxazole rings is 1. The molecule has 102 valence electrons. The van der Waals surface area contributed by atoms with E-state index in [0.717, 1.165) is 0 Å². The maximum absolute atomic E-state index is 12.0. The number of benzene rings is 1. The molecule has 6 heteroatoms. The number of hydrogen-bond donors (Lipinski definition) is 3. The zero-order valence-electron chi connectivity index (χ0n) is 11.1. The highest BCUT2D eigenvalue weighted by Gasteiger charge is 2.27. The van der Waals surface area contributed by atoms with Crippen LogP contribution in [0.1, 0.15) is 20.8 Å². The molecule has 1 heterocycles. The predicted octanol–water partition coefficient (Wildman–Crippen LogP) is 1.43. The molecule has 2 aromatic rings. The summed E-state index contributed by atoms with van der Waals surface area (Å²) in [7, 11) is 0. The van der Waals surface area contributed by atoms with E-state index < -0.39 is 11.8 Å². The number of anilines is 1. The van der Waals surface area contributed by atoms with Crippen LogP contribution in [0.5, 0.6) is 0 Å². The minimum absolute atomic E-state index is 0.266. The van der Waals surface area contributed by atoms with Crippen LogP contribution in [-0.2, 0) is 4.79 Å². The summed E-state index contributed by atoms with van der Waals surface area (Å²) in [6.07, 6.45) is 0. The van der Waals surface area contributed by atoms with Gasteiger partial charge in [-0.05, 0) is 23.6 Å². The van der Waals surface area contributed by atoms with Gasteiger partial charge in [-0.3, -0.25) is 9.78 Å². The summed E-state index contributed by atoms with van der Waals surface area (Å²) in [5.41, 5.74) is 7.10. The molecule has 0 aliphatic heterocycles. The number of carbonyl (C=O) groups is 1. The number of H-pyrrole nitrogens is 1. The van der Waals surface area contributed by atoms with Gasteiger partial charge in [0.25, 0.3) is 0 Å². The Morgan fingerprint density at radius 1 is 1.42 bits per heavy atom. The number of aromatic nitrogens is 1. The lowest BCUT2D eigenvalue weighted by Gasteiger charge is -2.25. The SMILES string of the molecule is CC(C)(C)[C@H](N)C(=O)Nc1ccc2oc(=O)[nH]c2c1. The molecule has 1 aromatic heterocycles. The van der Waals surface area contributed by atoms with Crippen molar-refractivity contribution in [1.29, 1.82) is 0 Å². The van der Waals surface area contributed by atoms with E-state index in [4.69, 9.17) is 10.2 Å². The van der Waals surface area contributed by atoms with E-state index in [1.165, 1.54) is 0 Å². The van der Waals surface area contributed by atoms with Gasteiger partial charge in [0.1, 0.15) is 0 Å². The zero-order valence-corrected chi connectivity index (χ0v) is 11.1. The highest BCUT2D eigenvalue weighted by Crippen LogP contribution is 2.20. The average molecular weight is 263 g/mol. The second-order valence-electron chi connectivity index (χ2n) is 5.56. The van der Waals surface area contributed by atoms with Gasteiger partial charge >= 0.3 is 5.76 Å². The molecule has 0 saturated heterocycles. The van der Waals surface area contributed by atoms with E-state index in [1.54, 1.807) is 18.2 Å². The van der Waals surface area contributed by atoms with Crippen LogP contribution in [0.15, 0.2) is 27.4 Å². The van der Waals surface area contributed by atoms with E-state index in [-0.39, 0.29) is 11.3 Å². The average Bonchev–Trinajstić information content (AvgIpc) is 2.66. The third-order valence-corrected chi connectivity index (χ3v) is 2.90. The molecule has 0 aliphatic carbocycles. The Labute approximate surface area is 110 Å². The van der Waals surface area contributed by atoms with Crippen LogP contribution in [0.3, 0.4) is 0 Å². The normalized spacial score (nSPS) is 13.5. The van der Waals surface area contributed by atoms with Gasteiger partial charge in [0.2, 0.25) is 5.91 Å². The lowest BCUT2D eigenvalue weighted by molar-refractivity contribution is -0.119. The largest absolute Gasteiger partial charge is 0.417 e. The van der Waals surface area contributed by atoms with E-state index in [2.05, 4.69) is 10.3 Å². The van der Waals surface area contributed by atoms with Crippen LogP contribution in [0.4, 0.5) is 5.69 Å². The molecule has 1 aromatic carbocycles. The van der Waals surface area contributed by atoms with Gasteiger partial charge in [-0.15, -0.1) is 0 Å². The molecular formula is C13H17N3O3. The number of nitrogens with one attached hydrogen (secondary N) is 2. The lowest BCUT2D eigenvalue weighted by Crippen LogP contribution is -2.45. The molecular weight excluding hydrogens is 246 g/mol. The van der Waals surface area contributed by atoms with Crippen molar-refractivity contribution in [3.63, 3.8) is 0 Å². The summed E-state index contributed by atoms with van der Waals surface area (Å²) in [5.74, 6) is -0.789. The van der Waals surface area contributed by atoms with Crippen molar-refractivity contribution in [3.05, 3.63) is 28.7 Å². The molecule has 0 bridgehead atoms. The highest BCUT2D eigenvalue weighted by atomic mass is 16.4. The molecule has 0 unspecified atom stereocenters. The molecule has 1 atom stereocenters. The topological polar surface area (TPSA) is 101 Å². The third kappa shape index (κ3) is 2.85. The van der Waals surface area contributed by atoms with E-state index in [0.29, 0.717) is 16.8 Å². The molecule has 0 radical (unpaired) electrons. The summed E-state index contributed by atoms with van der Waals surface area (Å²) < 4.78 is 4.88. The van der Waals surface area contributed by atoms with Gasteiger partial charge < -0.3 is 15.5 Å². The molecule has 0 aliphatic rings. The van der Waals surface area contributed by atoms with Crippen LogP contribution in [0.25, 0.3) is 11.1 Å². The fraction of sp³-hybridized carbons (Fsp3) is 0.385. The Morgan fingerprint density at radius 3 is 2.74 bits per heavy atom. The van der Waals surface area contributed by atoms with Crippen LogP contribution in [0.2, 0.25) is 0 Å². The van der Waals surface area contributed by atoms with Crippen molar-refractivity contribution in [3.8, 4) is 0 Å². The Bertz CT molecular complexity index is 664. The summed E-state index contributed by atoms with van der Waals surface area (Å²) >= 11 is 0. The number of amides is 1. The van der Waals surface area contributed by atoms with Gasteiger partial charge in [-0.1, -0.05) is 20.8 Å². The van der Waals surface area contributed by atoms with Crippen molar-refractivity contribution >= 4 is 22.7 Å². The van der Waals surface area contributed by atoms with Gasteiger partial charge in [-0.2, -0.15) is 0 Å². The van der Waals surface area contributed by atoms with E-state index in [1.807, 2.05) is 20.8 Å². The van der Waals surface area contributed by atoms with E-state index in [9.17, 15) is 9.59 Å². The van der Waals surface area contributed by atoms with Crippen molar-refractivity contribution in [1.82, 2.24) is 4.98 Å². The molecule has 0 spiro atoms. The molecule has 2 rings (SSSR count). The van der Waals surface area contributed by atoms with Gasteiger partial charge in [-0.25, -0.2) is 4.79 Å². The lowest BCUT2D eigenvalue weighted by atomic mass is 9.87. The van der Waals surface area contributed by atoms with Crippen molar-refractivity contribution < 1.29 is 9.21 Å². The number of carbonyl (C=O) groups excluding carboxylic acids is 1.